The molecule has 0 unspecified atom stereocenters. The Balaban J connectivity index is 0.000000318. The molecule has 1 aliphatic rings. The summed E-state index contributed by atoms with van der Waals surface area (Å²) in [6.45, 7) is 47.7. The summed E-state index contributed by atoms with van der Waals surface area (Å²) >= 11 is 19.1. The van der Waals surface area contributed by atoms with Gasteiger partial charge in [0.05, 0.1) is 39.0 Å². The van der Waals surface area contributed by atoms with E-state index in [9.17, 15) is 13.6 Å². The highest BCUT2D eigenvalue weighted by Crippen LogP contribution is 2.30. The van der Waals surface area contributed by atoms with Crippen LogP contribution in [0.1, 0.15) is 292 Å². The number of aryl methyl sites for hydroxylation is 1. The van der Waals surface area contributed by atoms with Gasteiger partial charge in [-0.2, -0.15) is 14.9 Å². The maximum Gasteiger partial charge on any atom is 0.253 e. The number of pyridine rings is 1. The predicted octanol–water partition coefficient (Wildman–Crippen LogP) is 30.3. The third-order valence-corrected chi connectivity index (χ3v) is 20.0. The minimum absolute atomic E-state index is 0.163. The Bertz CT molecular complexity index is 4430. The maximum atomic E-state index is 12.5. The van der Waals surface area contributed by atoms with Crippen molar-refractivity contribution >= 4 is 62.3 Å². The highest BCUT2D eigenvalue weighted by atomic mass is 35.5. The first-order valence-corrected chi connectivity index (χ1v) is 40.4. The molecule has 0 saturated carbocycles. The Morgan fingerprint density at radius 2 is 0.855 bits per heavy atom. The van der Waals surface area contributed by atoms with Gasteiger partial charge in [0.2, 0.25) is 5.95 Å². The van der Waals surface area contributed by atoms with Gasteiger partial charge in [0.1, 0.15) is 5.82 Å². The smallest absolute Gasteiger partial charge is 0.253 e. The number of aromatic nitrogens is 2. The molecule has 0 fully saturated rings. The monoisotopic (exact) mass is 1560 g/mol. The summed E-state index contributed by atoms with van der Waals surface area (Å²) in [7, 11) is 1.87. The topological polar surface area (TPSA) is 93.7 Å². The minimum atomic E-state index is -0.396. The maximum absolute atomic E-state index is 12.5. The molecule has 0 spiro atoms. The lowest BCUT2D eigenvalue weighted by molar-refractivity contribution is 0.0780. The predicted molar refractivity (Wildman–Crippen MR) is 471 cm³/mol. The molecule has 0 radical (unpaired) electrons. The van der Waals surface area contributed by atoms with Crippen LogP contribution >= 0.6 is 46.1 Å². The van der Waals surface area contributed by atoms with Crippen molar-refractivity contribution < 1.29 is 13.6 Å². The van der Waals surface area contributed by atoms with Gasteiger partial charge in [-0.3, -0.25) is 4.79 Å². The van der Waals surface area contributed by atoms with Gasteiger partial charge in [-0.1, -0.05) is 313 Å². The van der Waals surface area contributed by atoms with Crippen LogP contribution < -0.4 is 0 Å². The fraction of sp³-hybridized carbons (Fsp3) is 0.357. The molecule has 3 heterocycles. The number of carbonyl (C=O) groups excluding carboxylic acids is 1. The molecule has 12 heteroatoms. The second-order valence-corrected chi connectivity index (χ2v) is 32.3. The third-order valence-electron chi connectivity index (χ3n) is 18.2. The molecular weight excluding hydrogens is 1440 g/mol. The number of hydrogen-bond acceptors (Lipinski definition) is 6. The van der Waals surface area contributed by atoms with Crippen molar-refractivity contribution in [2.75, 3.05) is 13.6 Å². The largest absolute Gasteiger partial charge is 0.341 e. The van der Waals surface area contributed by atoms with Crippen molar-refractivity contribution in [3.05, 3.63) is 340 Å². The summed E-state index contributed by atoms with van der Waals surface area (Å²) in [4.78, 5) is 21.7. The summed E-state index contributed by atoms with van der Waals surface area (Å²) in [5.41, 5.74) is 21.5. The number of nitriles is 2. The fourth-order valence-corrected chi connectivity index (χ4v) is 13.0. The van der Waals surface area contributed by atoms with E-state index < -0.39 is 5.95 Å². The minimum Gasteiger partial charge on any atom is -0.341 e. The molecule has 2 aromatic heterocycles. The van der Waals surface area contributed by atoms with Crippen molar-refractivity contribution in [3.8, 4) is 12.1 Å². The highest BCUT2D eigenvalue weighted by Gasteiger charge is 2.24. The van der Waals surface area contributed by atoms with E-state index in [1.807, 2.05) is 136 Å². The van der Waals surface area contributed by atoms with Gasteiger partial charge < -0.3 is 4.90 Å². The molecule has 12 rings (SSSR count). The van der Waals surface area contributed by atoms with Crippen molar-refractivity contribution in [1.82, 2.24) is 14.9 Å². The van der Waals surface area contributed by atoms with Crippen LogP contribution in [0.4, 0.5) is 8.78 Å². The Morgan fingerprint density at radius 3 is 1.31 bits per heavy atom. The average Bonchev–Trinajstić information content (AvgIpc) is 0.886. The first-order chi connectivity index (χ1) is 52.0. The summed E-state index contributed by atoms with van der Waals surface area (Å²) in [6.07, 6.45) is 0.992. The van der Waals surface area contributed by atoms with E-state index in [0.717, 1.165) is 67.1 Å². The average molecular weight is 1560 g/mol. The van der Waals surface area contributed by atoms with E-state index in [4.69, 9.17) is 45.3 Å². The van der Waals surface area contributed by atoms with Crippen LogP contribution in [0, 0.1) is 48.3 Å². The lowest BCUT2D eigenvalue weighted by Gasteiger charge is -2.27. The third kappa shape index (κ3) is 33.8. The van der Waals surface area contributed by atoms with E-state index in [0.29, 0.717) is 59.2 Å². The zero-order chi connectivity index (χ0) is 82.3. The number of halogens is 5. The summed E-state index contributed by atoms with van der Waals surface area (Å²) in [5, 5.41) is 19.9. The Labute approximate surface area is 680 Å². The normalized spacial score (nSPS) is 11.1. The molecule has 0 saturated heterocycles. The summed E-state index contributed by atoms with van der Waals surface area (Å²) in [6, 6.07) is 74.6. The van der Waals surface area contributed by atoms with Crippen molar-refractivity contribution in [3.63, 3.8) is 0 Å². The number of benzene rings is 9. The van der Waals surface area contributed by atoms with E-state index >= 15 is 0 Å². The SMILES string of the molecule is CC(C)c1ccc(Cl)cc1.CC(C)c1ccc(Cl)cc1.CC(C)c1ccc(F)cc1.CC(C)c1cccc(C#N)c1.CC(C)c1cccc2c1CCN(C)C2=O.CC(C)c1cccc2ncsc12.CC(C)c1ccccc1.CC(C)c1ccccc1Cl.Cc1c(C#N)cccc1C(C)C.Cc1nc(F)ccc1C(C)C. The van der Waals surface area contributed by atoms with Crippen molar-refractivity contribution in [2.24, 2.45) is 0 Å². The number of amides is 1. The van der Waals surface area contributed by atoms with E-state index in [-0.39, 0.29) is 11.7 Å². The first-order valence-electron chi connectivity index (χ1n) is 38.4. The molecule has 1 aliphatic heterocycles. The van der Waals surface area contributed by atoms with Crippen LogP contribution in [0.2, 0.25) is 15.1 Å². The number of carbonyl (C=O) groups is 1. The van der Waals surface area contributed by atoms with E-state index in [2.05, 4.69) is 246 Å². The number of fused-ring (bicyclic) bond motifs is 2. The molecule has 11 aromatic rings. The molecule has 9 aromatic carbocycles. The first kappa shape index (κ1) is 95.4. The van der Waals surface area contributed by atoms with Crippen molar-refractivity contribution in [2.45, 2.75) is 218 Å². The zero-order valence-electron chi connectivity index (χ0n) is 69.5. The van der Waals surface area contributed by atoms with Gasteiger partial charge in [0.15, 0.2) is 0 Å². The van der Waals surface area contributed by atoms with Crippen LogP contribution in [0.25, 0.3) is 10.2 Å². The standard InChI is InChI=1S/C13H17NO.C11H13N.C10H11NS.C10H11N.3C9H11Cl.C9H12FN.C9H11F.C9H12/c1-9(2)10-5-4-6-12-11(10)7-8-14(3)13(12)15;1-8(2)11-6-4-5-10(7-12)9(11)3;1-7(2)8-4-3-5-9-10(8)12-6-11-9;1-8(2)10-5-3-4-9(6-10)7-11;2*1-7(2)8-3-5-9(10)6-4-8;1-7(2)8-5-3-4-6-9(8)10;1-6(2)8-4-5-9(10)11-7(8)3;1-7(2)8-3-5-9(10)6-4-8;1-8(2)9-6-4-3-5-7-9/h4-6,9H,7-8H2,1-3H3;4-6,8H,1-3H3;3-7H,1-2H3;3-6,8H,1-2H3;3*3-7H,1-2H3;4-6H,1-3H3;3-7H,1-2H3;3-8H,1-2H3. The van der Waals surface area contributed by atoms with Gasteiger partial charge >= 0.3 is 0 Å². The molecule has 0 N–H and O–H groups in total. The number of thiazole rings is 1. The molecule has 584 valence electrons. The molecular formula is C98H120Cl3F2N5OS. The number of nitrogens with zero attached hydrogens (tertiary/aromatic N) is 5. The van der Waals surface area contributed by atoms with E-state index in [1.54, 1.807) is 22.3 Å². The lowest BCUT2D eigenvalue weighted by atomic mass is 9.89. The van der Waals surface area contributed by atoms with Gasteiger partial charge in [-0.05, 0) is 225 Å². The van der Waals surface area contributed by atoms with Crippen LogP contribution in [0.5, 0.6) is 0 Å². The number of likely N-dealkylation sites (N-methyl/N-ethyl adjacent to an activating group) is 1. The molecule has 110 heavy (non-hydrogen) atoms. The molecule has 6 nitrogen and oxygen atoms in total. The fourth-order valence-electron chi connectivity index (χ4n) is 11.4. The zero-order valence-corrected chi connectivity index (χ0v) is 72.6. The molecule has 1 amide bonds. The lowest BCUT2D eigenvalue weighted by Crippen LogP contribution is -2.34. The quantitative estimate of drug-likeness (QED) is 0.127. The van der Waals surface area contributed by atoms with Gasteiger partial charge in [0.25, 0.3) is 5.91 Å². The Hall–Kier alpha value is -8.80. The van der Waals surface area contributed by atoms with Gasteiger partial charge in [-0.15, -0.1) is 11.3 Å². The molecule has 0 bridgehead atoms. The van der Waals surface area contributed by atoms with Crippen LogP contribution in [-0.4, -0.2) is 34.4 Å². The number of hydrogen-bond donors (Lipinski definition) is 0. The Kier molecular flexibility index (Phi) is 43.5. The van der Waals surface area contributed by atoms with Crippen LogP contribution in [0.3, 0.4) is 0 Å². The molecule has 0 atom stereocenters. The second kappa shape index (κ2) is 50.2. The number of rotatable bonds is 10. The van der Waals surface area contributed by atoms with Crippen LogP contribution in [0.15, 0.2) is 224 Å². The Morgan fingerprint density at radius 1 is 0.427 bits per heavy atom. The van der Waals surface area contributed by atoms with Crippen molar-refractivity contribution in [1.29, 1.82) is 10.5 Å². The second-order valence-electron chi connectivity index (χ2n) is 30.2. The van der Waals surface area contributed by atoms with E-state index in [1.165, 1.54) is 78.5 Å². The van der Waals surface area contributed by atoms with Gasteiger partial charge in [0, 0.05) is 39.9 Å². The van der Waals surface area contributed by atoms with Gasteiger partial charge in [-0.25, -0.2) is 14.4 Å². The highest BCUT2D eigenvalue weighted by molar-refractivity contribution is 7.17. The summed E-state index contributed by atoms with van der Waals surface area (Å²) in [5.74, 6) is 4.97. The summed E-state index contributed by atoms with van der Waals surface area (Å²) < 4.78 is 26.2. The molecule has 0 aliphatic carbocycles. The van der Waals surface area contributed by atoms with Crippen LogP contribution in [-0.2, 0) is 6.42 Å².